The second kappa shape index (κ2) is 7.40. The van der Waals surface area contributed by atoms with Crippen molar-refractivity contribution >= 4 is 28.7 Å². The average Bonchev–Trinajstić information content (AvgIpc) is 3.03. The highest BCUT2D eigenvalue weighted by Gasteiger charge is 2.15. The van der Waals surface area contributed by atoms with Crippen LogP contribution in [0.2, 0.25) is 5.02 Å². The molecule has 0 fully saturated rings. The molecule has 0 aliphatic heterocycles. The fourth-order valence-electron chi connectivity index (χ4n) is 3.05. The highest BCUT2D eigenvalue weighted by Crippen LogP contribution is 2.28. The summed E-state index contributed by atoms with van der Waals surface area (Å²) in [4.78, 5) is 25.9. The average molecular weight is 392 g/mol. The van der Waals surface area contributed by atoms with Crippen LogP contribution in [-0.2, 0) is 13.6 Å². The highest BCUT2D eigenvalue weighted by atomic mass is 35.5. The van der Waals surface area contributed by atoms with Crippen molar-refractivity contribution in [3.05, 3.63) is 76.7 Å². The number of carbonyl (C=O) groups excluding carboxylic acids is 1. The third kappa shape index (κ3) is 3.34. The van der Waals surface area contributed by atoms with E-state index in [0.717, 1.165) is 16.8 Å². The minimum atomic E-state index is -0.218. The van der Waals surface area contributed by atoms with E-state index >= 15 is 0 Å². The van der Waals surface area contributed by atoms with Gasteiger partial charge in [0.1, 0.15) is 11.3 Å². The number of benzene rings is 1. The molecule has 140 valence electrons. The summed E-state index contributed by atoms with van der Waals surface area (Å²) in [6, 6.07) is 13.1. The van der Waals surface area contributed by atoms with Gasteiger partial charge in [-0.2, -0.15) is 0 Å². The number of nitrogens with zero attached hydrogens (tertiary/aromatic N) is 4. The molecule has 3 aromatic heterocycles. The van der Waals surface area contributed by atoms with Gasteiger partial charge in [-0.15, -0.1) is 0 Å². The van der Waals surface area contributed by atoms with E-state index in [2.05, 4.69) is 20.3 Å². The Bertz CT molecular complexity index is 1180. The van der Waals surface area contributed by atoms with E-state index in [9.17, 15) is 4.79 Å². The van der Waals surface area contributed by atoms with E-state index in [1.807, 2.05) is 54.9 Å². The van der Waals surface area contributed by atoms with Crippen molar-refractivity contribution in [1.29, 1.82) is 0 Å². The van der Waals surface area contributed by atoms with Crippen LogP contribution in [0, 0.1) is 6.92 Å². The quantitative estimate of drug-likeness (QED) is 0.572. The van der Waals surface area contributed by atoms with Crippen molar-refractivity contribution < 1.29 is 4.79 Å². The zero-order chi connectivity index (χ0) is 19.7. The zero-order valence-electron chi connectivity index (χ0n) is 15.5. The van der Waals surface area contributed by atoms with E-state index in [1.165, 1.54) is 0 Å². The molecule has 0 saturated heterocycles. The van der Waals surface area contributed by atoms with Gasteiger partial charge in [0.25, 0.3) is 5.91 Å². The van der Waals surface area contributed by atoms with Crippen LogP contribution in [0.25, 0.3) is 22.6 Å². The van der Waals surface area contributed by atoms with Crippen molar-refractivity contribution in [3.8, 4) is 11.4 Å². The maximum Gasteiger partial charge on any atom is 0.253 e. The Morgan fingerprint density at radius 1 is 1.18 bits per heavy atom. The lowest BCUT2D eigenvalue weighted by Gasteiger charge is -2.07. The number of hydrogen-bond donors (Lipinski definition) is 1. The van der Waals surface area contributed by atoms with Crippen LogP contribution in [0.1, 0.15) is 21.6 Å². The van der Waals surface area contributed by atoms with Crippen molar-refractivity contribution in [2.45, 2.75) is 13.5 Å². The van der Waals surface area contributed by atoms with Gasteiger partial charge in [0, 0.05) is 25.0 Å². The summed E-state index contributed by atoms with van der Waals surface area (Å²) in [5, 5.41) is 3.50. The Balaban J connectivity index is 1.62. The molecule has 7 heteroatoms. The first kappa shape index (κ1) is 18.1. The van der Waals surface area contributed by atoms with Crippen LogP contribution < -0.4 is 5.32 Å². The number of aromatic nitrogens is 4. The van der Waals surface area contributed by atoms with Crippen molar-refractivity contribution in [2.75, 3.05) is 0 Å². The van der Waals surface area contributed by atoms with E-state index in [-0.39, 0.29) is 5.91 Å². The largest absolute Gasteiger partial charge is 0.346 e. The number of carbonyl (C=O) groups is 1. The van der Waals surface area contributed by atoms with Gasteiger partial charge in [0.05, 0.1) is 22.8 Å². The number of halogens is 1. The minimum Gasteiger partial charge on any atom is -0.346 e. The van der Waals surface area contributed by atoms with Gasteiger partial charge in [0.15, 0.2) is 5.65 Å². The molecule has 28 heavy (non-hydrogen) atoms. The Morgan fingerprint density at radius 3 is 2.79 bits per heavy atom. The van der Waals surface area contributed by atoms with E-state index in [0.29, 0.717) is 34.1 Å². The maximum atomic E-state index is 12.6. The molecule has 0 atom stereocenters. The molecule has 0 radical (unpaired) electrons. The smallest absolute Gasteiger partial charge is 0.253 e. The van der Waals surface area contributed by atoms with Crippen LogP contribution in [0.5, 0.6) is 0 Å². The fourth-order valence-corrected chi connectivity index (χ4v) is 3.27. The van der Waals surface area contributed by atoms with Crippen LogP contribution in [0.15, 0.2) is 54.9 Å². The van der Waals surface area contributed by atoms with Crippen LogP contribution in [0.4, 0.5) is 0 Å². The molecule has 4 aromatic rings. The van der Waals surface area contributed by atoms with Crippen LogP contribution in [-0.4, -0.2) is 25.4 Å². The topological polar surface area (TPSA) is 72.7 Å². The molecule has 4 rings (SSSR count). The van der Waals surface area contributed by atoms with Gasteiger partial charge in [-0.05, 0) is 36.8 Å². The molecule has 0 bridgehead atoms. The summed E-state index contributed by atoms with van der Waals surface area (Å²) in [6.45, 7) is 2.32. The fraction of sp³-hybridized carbons (Fsp3) is 0.143. The SMILES string of the molecule is Cc1cccnc1CNC(=O)c1cnc2c(c1)nc(-c1ccccc1Cl)n2C. The summed E-state index contributed by atoms with van der Waals surface area (Å²) >= 11 is 6.31. The Morgan fingerprint density at radius 2 is 2.00 bits per heavy atom. The molecule has 0 unspecified atom stereocenters. The van der Waals surface area contributed by atoms with E-state index < -0.39 is 0 Å². The second-order valence-corrected chi connectivity index (χ2v) is 6.90. The molecule has 1 N–H and O–H groups in total. The number of imidazole rings is 1. The lowest BCUT2D eigenvalue weighted by molar-refractivity contribution is 0.0950. The molecular formula is C21H18ClN5O. The van der Waals surface area contributed by atoms with Crippen molar-refractivity contribution in [3.63, 3.8) is 0 Å². The first-order valence-corrected chi connectivity index (χ1v) is 9.18. The number of nitrogens with one attached hydrogen (secondary N) is 1. The summed E-state index contributed by atoms with van der Waals surface area (Å²) < 4.78 is 1.87. The number of rotatable bonds is 4. The summed E-state index contributed by atoms with van der Waals surface area (Å²) in [6.07, 6.45) is 3.27. The van der Waals surface area contributed by atoms with Gasteiger partial charge >= 0.3 is 0 Å². The van der Waals surface area contributed by atoms with Gasteiger partial charge in [0.2, 0.25) is 0 Å². The third-order valence-corrected chi connectivity index (χ3v) is 4.95. The molecule has 0 saturated carbocycles. The molecule has 1 aromatic carbocycles. The summed E-state index contributed by atoms with van der Waals surface area (Å²) in [5.41, 5.74) is 4.46. The van der Waals surface area contributed by atoms with Crippen molar-refractivity contribution in [1.82, 2.24) is 24.8 Å². The van der Waals surface area contributed by atoms with Gasteiger partial charge in [-0.25, -0.2) is 9.97 Å². The molecule has 0 spiro atoms. The zero-order valence-corrected chi connectivity index (χ0v) is 16.2. The van der Waals surface area contributed by atoms with E-state index in [1.54, 1.807) is 18.5 Å². The van der Waals surface area contributed by atoms with Crippen LogP contribution in [0.3, 0.4) is 0 Å². The Hall–Kier alpha value is -3.25. The van der Waals surface area contributed by atoms with Gasteiger partial charge < -0.3 is 9.88 Å². The predicted molar refractivity (Wildman–Crippen MR) is 109 cm³/mol. The first-order valence-electron chi connectivity index (χ1n) is 8.80. The first-order chi connectivity index (χ1) is 13.5. The molecule has 0 aliphatic rings. The lowest BCUT2D eigenvalue weighted by atomic mass is 10.2. The maximum absolute atomic E-state index is 12.6. The highest BCUT2D eigenvalue weighted by molar-refractivity contribution is 6.33. The summed E-state index contributed by atoms with van der Waals surface area (Å²) in [7, 11) is 1.88. The standard InChI is InChI=1S/C21H18ClN5O/c1-13-6-5-9-23-18(13)12-25-21(28)14-10-17-20(24-11-14)27(2)19(26-17)15-7-3-4-8-16(15)22/h3-11H,12H2,1-2H3,(H,25,28). The van der Waals surface area contributed by atoms with Gasteiger partial charge in [-0.1, -0.05) is 29.8 Å². The predicted octanol–water partition coefficient (Wildman–Crippen LogP) is 3.92. The molecule has 3 heterocycles. The Labute approximate surface area is 167 Å². The molecule has 6 nitrogen and oxygen atoms in total. The Kier molecular flexibility index (Phi) is 4.79. The monoisotopic (exact) mass is 391 g/mol. The van der Waals surface area contributed by atoms with Crippen LogP contribution >= 0.6 is 11.6 Å². The number of hydrogen-bond acceptors (Lipinski definition) is 4. The second-order valence-electron chi connectivity index (χ2n) is 6.49. The van der Waals surface area contributed by atoms with E-state index in [4.69, 9.17) is 11.6 Å². The third-order valence-electron chi connectivity index (χ3n) is 4.62. The minimum absolute atomic E-state index is 0.218. The molecule has 0 aliphatic carbocycles. The molecular weight excluding hydrogens is 374 g/mol. The van der Waals surface area contributed by atoms with Crippen molar-refractivity contribution in [2.24, 2.45) is 7.05 Å². The number of fused-ring (bicyclic) bond motifs is 1. The lowest BCUT2D eigenvalue weighted by Crippen LogP contribution is -2.23. The van der Waals surface area contributed by atoms with Gasteiger partial charge in [-0.3, -0.25) is 9.78 Å². The molecule has 1 amide bonds. The number of amides is 1. The number of aryl methyl sites for hydroxylation is 2. The summed E-state index contributed by atoms with van der Waals surface area (Å²) in [5.74, 6) is 0.485. The normalized spacial score (nSPS) is 11.0. The number of pyridine rings is 2.